The van der Waals surface area contributed by atoms with E-state index in [4.69, 9.17) is 14.2 Å². The number of hydrogen-bond acceptors (Lipinski definition) is 6. The van der Waals surface area contributed by atoms with E-state index in [1.54, 1.807) is 19.1 Å². The van der Waals surface area contributed by atoms with Crippen LogP contribution in [0, 0.1) is 5.82 Å². The predicted molar refractivity (Wildman–Crippen MR) is 130 cm³/mol. The van der Waals surface area contributed by atoms with Crippen molar-refractivity contribution in [1.82, 2.24) is 4.72 Å². The van der Waals surface area contributed by atoms with Crippen LogP contribution in [-0.2, 0) is 16.4 Å². The average Bonchev–Trinajstić information content (AvgIpc) is 2.85. The van der Waals surface area contributed by atoms with Gasteiger partial charge in [-0.3, -0.25) is 4.79 Å². The van der Waals surface area contributed by atoms with Crippen LogP contribution < -0.4 is 24.2 Å². The third-order valence-electron chi connectivity index (χ3n) is 5.08. The van der Waals surface area contributed by atoms with Crippen molar-refractivity contribution in [2.45, 2.75) is 18.2 Å². The fourth-order valence-electron chi connectivity index (χ4n) is 3.34. The first-order valence-electron chi connectivity index (χ1n) is 10.8. The van der Waals surface area contributed by atoms with Crippen molar-refractivity contribution in [2.75, 3.05) is 32.7 Å². The second-order valence-corrected chi connectivity index (χ2v) is 9.13. The number of sulfonamides is 1. The molecule has 0 spiro atoms. The van der Waals surface area contributed by atoms with Gasteiger partial charge < -0.3 is 19.5 Å². The molecule has 8 nitrogen and oxygen atoms in total. The van der Waals surface area contributed by atoms with Gasteiger partial charge in [-0.1, -0.05) is 18.2 Å². The van der Waals surface area contributed by atoms with Crippen LogP contribution in [0.1, 0.15) is 22.8 Å². The van der Waals surface area contributed by atoms with Crippen molar-refractivity contribution in [3.8, 4) is 17.2 Å². The molecule has 0 saturated heterocycles. The lowest BCUT2D eigenvalue weighted by Gasteiger charge is -2.14. The van der Waals surface area contributed by atoms with E-state index in [2.05, 4.69) is 10.0 Å². The number of halogens is 1. The number of anilines is 1. The molecule has 0 atom stereocenters. The van der Waals surface area contributed by atoms with Gasteiger partial charge in [0.05, 0.1) is 37.0 Å². The normalized spacial score (nSPS) is 11.1. The Morgan fingerprint density at radius 3 is 2.34 bits per heavy atom. The molecule has 35 heavy (non-hydrogen) atoms. The lowest BCUT2D eigenvalue weighted by molar-refractivity contribution is 0.102. The minimum absolute atomic E-state index is 0.0721. The van der Waals surface area contributed by atoms with Crippen molar-refractivity contribution < 1.29 is 31.8 Å². The zero-order valence-electron chi connectivity index (χ0n) is 19.6. The SMILES string of the molecule is CCOc1ccc(S(=O)(=O)NCCc2ccc(OC)c(OC)c2)cc1NC(=O)c1ccccc1F. The quantitative estimate of drug-likeness (QED) is 0.411. The van der Waals surface area contributed by atoms with Gasteiger partial charge in [-0.15, -0.1) is 0 Å². The van der Waals surface area contributed by atoms with Crippen molar-refractivity contribution in [3.63, 3.8) is 0 Å². The second kappa shape index (κ2) is 11.7. The molecule has 0 saturated carbocycles. The lowest BCUT2D eigenvalue weighted by Crippen LogP contribution is -2.26. The molecule has 1 amide bonds. The summed E-state index contributed by atoms with van der Waals surface area (Å²) in [4.78, 5) is 12.5. The number of carbonyl (C=O) groups is 1. The summed E-state index contributed by atoms with van der Waals surface area (Å²) in [5.74, 6) is -0.0177. The fourth-order valence-corrected chi connectivity index (χ4v) is 4.40. The highest BCUT2D eigenvalue weighted by Gasteiger charge is 2.19. The molecule has 0 aliphatic rings. The third kappa shape index (κ3) is 6.49. The van der Waals surface area contributed by atoms with Crippen LogP contribution in [0.3, 0.4) is 0 Å². The summed E-state index contributed by atoms with van der Waals surface area (Å²) in [5.41, 5.74) is 0.800. The molecule has 10 heteroatoms. The van der Waals surface area contributed by atoms with Crippen LogP contribution in [0.15, 0.2) is 65.6 Å². The van der Waals surface area contributed by atoms with Crippen LogP contribution >= 0.6 is 0 Å². The second-order valence-electron chi connectivity index (χ2n) is 7.36. The van der Waals surface area contributed by atoms with E-state index in [1.807, 2.05) is 6.07 Å². The van der Waals surface area contributed by atoms with Gasteiger partial charge in [0.25, 0.3) is 5.91 Å². The van der Waals surface area contributed by atoms with Crippen molar-refractivity contribution >= 4 is 21.6 Å². The first-order valence-corrected chi connectivity index (χ1v) is 12.3. The van der Waals surface area contributed by atoms with E-state index in [0.717, 1.165) is 5.56 Å². The Kier molecular flexibility index (Phi) is 8.67. The summed E-state index contributed by atoms with van der Waals surface area (Å²) in [6.45, 7) is 2.17. The van der Waals surface area contributed by atoms with Crippen LogP contribution in [0.4, 0.5) is 10.1 Å². The van der Waals surface area contributed by atoms with E-state index >= 15 is 0 Å². The summed E-state index contributed by atoms with van der Waals surface area (Å²) in [6.07, 6.45) is 0.410. The molecule has 186 valence electrons. The molecule has 0 fully saturated rings. The Hall–Kier alpha value is -3.63. The van der Waals surface area contributed by atoms with Crippen molar-refractivity contribution in [3.05, 3.63) is 77.6 Å². The number of hydrogen-bond donors (Lipinski definition) is 2. The molecule has 0 heterocycles. The minimum atomic E-state index is -3.91. The number of amides is 1. The van der Waals surface area contributed by atoms with E-state index in [0.29, 0.717) is 17.9 Å². The maximum atomic E-state index is 14.0. The van der Waals surface area contributed by atoms with Gasteiger partial charge in [0.15, 0.2) is 11.5 Å². The molecule has 3 aromatic rings. The van der Waals surface area contributed by atoms with Gasteiger partial charge in [0, 0.05) is 6.54 Å². The molecule has 0 radical (unpaired) electrons. The number of benzene rings is 3. The van der Waals surface area contributed by atoms with Crippen LogP contribution in [0.5, 0.6) is 17.2 Å². The molecule has 3 rings (SSSR count). The van der Waals surface area contributed by atoms with Crippen LogP contribution in [0.2, 0.25) is 0 Å². The standard InChI is InChI=1S/C25H27FN2O6S/c1-4-34-22-12-10-18(16-21(22)28-25(29)19-7-5-6-8-20(19)26)35(30,31)27-14-13-17-9-11-23(32-2)24(15-17)33-3/h5-12,15-16,27H,4,13-14H2,1-3H3,(H,28,29). The molecule has 0 aromatic heterocycles. The molecule has 0 aliphatic carbocycles. The minimum Gasteiger partial charge on any atom is -0.493 e. The fraction of sp³-hybridized carbons (Fsp3) is 0.240. The highest BCUT2D eigenvalue weighted by Crippen LogP contribution is 2.29. The average molecular weight is 503 g/mol. The highest BCUT2D eigenvalue weighted by molar-refractivity contribution is 7.89. The van der Waals surface area contributed by atoms with Gasteiger partial charge in [-0.2, -0.15) is 0 Å². The zero-order valence-corrected chi connectivity index (χ0v) is 20.4. The molecule has 0 bridgehead atoms. The lowest BCUT2D eigenvalue weighted by atomic mass is 10.1. The van der Waals surface area contributed by atoms with Gasteiger partial charge in [0.1, 0.15) is 11.6 Å². The predicted octanol–water partition coefficient (Wildman–Crippen LogP) is 4.01. The van der Waals surface area contributed by atoms with Gasteiger partial charge in [-0.25, -0.2) is 17.5 Å². The Labute approximate surface area is 204 Å². The molecular formula is C25H27FN2O6S. The third-order valence-corrected chi connectivity index (χ3v) is 6.54. The number of nitrogens with one attached hydrogen (secondary N) is 2. The summed E-state index contributed by atoms with van der Waals surface area (Å²) in [7, 11) is -0.845. The Bertz CT molecular complexity index is 1300. The number of ether oxygens (including phenoxy) is 3. The van der Waals surface area contributed by atoms with Gasteiger partial charge >= 0.3 is 0 Å². The summed E-state index contributed by atoms with van der Waals surface area (Å²) < 4.78 is 58.4. The van der Waals surface area contributed by atoms with Crippen LogP contribution in [-0.4, -0.2) is 41.7 Å². The largest absolute Gasteiger partial charge is 0.493 e. The molecule has 0 aliphatic heterocycles. The van der Waals surface area contributed by atoms with E-state index in [1.165, 1.54) is 56.7 Å². The van der Waals surface area contributed by atoms with Gasteiger partial charge in [-0.05, 0) is 61.4 Å². The van der Waals surface area contributed by atoms with Crippen molar-refractivity contribution in [1.29, 1.82) is 0 Å². The van der Waals surface area contributed by atoms with Gasteiger partial charge in [0.2, 0.25) is 10.0 Å². The molecule has 2 N–H and O–H groups in total. The number of carbonyl (C=O) groups excluding carboxylic acids is 1. The molecule has 3 aromatic carbocycles. The Morgan fingerprint density at radius 1 is 0.943 bits per heavy atom. The first-order chi connectivity index (χ1) is 16.8. The van der Waals surface area contributed by atoms with E-state index in [-0.39, 0.29) is 35.0 Å². The number of methoxy groups -OCH3 is 2. The van der Waals surface area contributed by atoms with E-state index in [9.17, 15) is 17.6 Å². The maximum absolute atomic E-state index is 14.0. The maximum Gasteiger partial charge on any atom is 0.258 e. The summed E-state index contributed by atoms with van der Waals surface area (Å²) in [5, 5.41) is 2.55. The zero-order chi connectivity index (χ0) is 25.4. The van der Waals surface area contributed by atoms with E-state index < -0.39 is 21.7 Å². The monoisotopic (exact) mass is 502 g/mol. The summed E-state index contributed by atoms with van der Waals surface area (Å²) >= 11 is 0. The molecular weight excluding hydrogens is 475 g/mol. The Balaban J connectivity index is 1.76. The molecule has 0 unspecified atom stereocenters. The van der Waals surface area contributed by atoms with Crippen molar-refractivity contribution in [2.24, 2.45) is 0 Å². The van der Waals surface area contributed by atoms with Crippen LogP contribution in [0.25, 0.3) is 0 Å². The topological polar surface area (TPSA) is 103 Å². The summed E-state index contributed by atoms with van der Waals surface area (Å²) in [6, 6.07) is 15.0. The number of rotatable bonds is 11. The Morgan fingerprint density at radius 2 is 1.66 bits per heavy atom. The highest BCUT2D eigenvalue weighted by atomic mass is 32.2. The first kappa shape index (κ1) is 26.0. The smallest absolute Gasteiger partial charge is 0.258 e.